The van der Waals surface area contributed by atoms with Crippen molar-refractivity contribution < 1.29 is 27.5 Å². The van der Waals surface area contributed by atoms with E-state index in [9.17, 15) is 22.8 Å². The number of piperidine rings is 1. The molecule has 0 bridgehead atoms. The van der Waals surface area contributed by atoms with Crippen LogP contribution in [0, 0.1) is 5.92 Å². The van der Waals surface area contributed by atoms with Gasteiger partial charge in [-0.05, 0) is 50.5 Å². The number of likely N-dealkylation sites (tertiary alicyclic amines) is 1. The number of ether oxygens (including phenoxy) is 1. The van der Waals surface area contributed by atoms with E-state index >= 15 is 0 Å². The van der Waals surface area contributed by atoms with Crippen molar-refractivity contribution in [3.63, 3.8) is 0 Å². The first-order valence-electron chi connectivity index (χ1n) is 9.15. The summed E-state index contributed by atoms with van der Waals surface area (Å²) >= 11 is 0. The molecule has 0 aliphatic carbocycles. The van der Waals surface area contributed by atoms with Crippen LogP contribution in [-0.2, 0) is 15.7 Å². The summed E-state index contributed by atoms with van der Waals surface area (Å²) in [5.41, 5.74) is -0.555. The molecule has 0 radical (unpaired) electrons. The summed E-state index contributed by atoms with van der Waals surface area (Å²) in [5, 5.41) is 2.88. The zero-order chi connectivity index (χ0) is 19.9. The lowest BCUT2D eigenvalue weighted by atomic mass is 9.95. The van der Waals surface area contributed by atoms with Crippen molar-refractivity contribution in [2.75, 3.05) is 32.8 Å². The van der Waals surface area contributed by atoms with Gasteiger partial charge in [-0.3, -0.25) is 9.59 Å². The van der Waals surface area contributed by atoms with Crippen LogP contribution in [0.1, 0.15) is 42.1 Å². The number of carbonyl (C=O) groups is 2. The average Bonchev–Trinajstić information content (AvgIpc) is 2.66. The van der Waals surface area contributed by atoms with E-state index in [4.69, 9.17) is 4.74 Å². The lowest BCUT2D eigenvalue weighted by Crippen LogP contribution is -2.43. The molecule has 1 fully saturated rings. The Morgan fingerprint density at radius 2 is 1.81 bits per heavy atom. The third-order valence-corrected chi connectivity index (χ3v) is 4.58. The van der Waals surface area contributed by atoms with Crippen molar-refractivity contribution in [3.05, 3.63) is 35.4 Å². The molecule has 5 nitrogen and oxygen atoms in total. The minimum Gasteiger partial charge on any atom is -0.382 e. The lowest BCUT2D eigenvalue weighted by Gasteiger charge is -2.31. The predicted molar refractivity (Wildman–Crippen MR) is 94.2 cm³/mol. The van der Waals surface area contributed by atoms with E-state index in [1.165, 1.54) is 12.1 Å². The molecule has 1 saturated heterocycles. The molecule has 0 atom stereocenters. The minimum absolute atomic E-state index is 0.0203. The molecule has 150 valence electrons. The first-order valence-corrected chi connectivity index (χ1v) is 9.15. The number of rotatable bonds is 7. The van der Waals surface area contributed by atoms with E-state index in [2.05, 4.69) is 5.32 Å². The van der Waals surface area contributed by atoms with Crippen LogP contribution in [0.5, 0.6) is 0 Å². The quantitative estimate of drug-likeness (QED) is 0.733. The molecule has 1 aliphatic rings. The number of alkyl halides is 3. The topological polar surface area (TPSA) is 58.6 Å². The van der Waals surface area contributed by atoms with Gasteiger partial charge in [-0.25, -0.2) is 0 Å². The van der Waals surface area contributed by atoms with E-state index in [0.29, 0.717) is 45.7 Å². The third kappa shape index (κ3) is 6.23. The lowest BCUT2D eigenvalue weighted by molar-refractivity contribution is -0.137. The van der Waals surface area contributed by atoms with Gasteiger partial charge in [-0.1, -0.05) is 0 Å². The largest absolute Gasteiger partial charge is 0.416 e. The van der Waals surface area contributed by atoms with E-state index < -0.39 is 11.7 Å². The van der Waals surface area contributed by atoms with Gasteiger partial charge in [0.05, 0.1) is 5.56 Å². The van der Waals surface area contributed by atoms with Crippen LogP contribution in [0.3, 0.4) is 0 Å². The fourth-order valence-corrected chi connectivity index (χ4v) is 3.00. The van der Waals surface area contributed by atoms with Gasteiger partial charge in [0, 0.05) is 44.3 Å². The van der Waals surface area contributed by atoms with Crippen molar-refractivity contribution in [1.82, 2.24) is 10.2 Å². The van der Waals surface area contributed by atoms with Crippen LogP contribution in [0.15, 0.2) is 24.3 Å². The van der Waals surface area contributed by atoms with Gasteiger partial charge >= 0.3 is 6.18 Å². The zero-order valence-electron chi connectivity index (χ0n) is 15.3. The van der Waals surface area contributed by atoms with Crippen molar-refractivity contribution in [2.45, 2.75) is 32.4 Å². The molecule has 2 rings (SSSR count). The molecule has 2 amide bonds. The number of hydrogen-bond donors (Lipinski definition) is 1. The zero-order valence-corrected chi connectivity index (χ0v) is 15.3. The smallest absolute Gasteiger partial charge is 0.382 e. The second-order valence-electron chi connectivity index (χ2n) is 6.48. The van der Waals surface area contributed by atoms with Gasteiger partial charge in [0.15, 0.2) is 0 Å². The maximum Gasteiger partial charge on any atom is 0.416 e. The summed E-state index contributed by atoms with van der Waals surface area (Å²) in [7, 11) is 0. The molecule has 1 aliphatic heterocycles. The minimum atomic E-state index is -4.42. The molecular weight excluding hydrogens is 361 g/mol. The maximum absolute atomic E-state index is 12.6. The molecule has 1 heterocycles. The third-order valence-electron chi connectivity index (χ3n) is 4.58. The summed E-state index contributed by atoms with van der Waals surface area (Å²) in [6.07, 6.45) is -2.58. The average molecular weight is 386 g/mol. The van der Waals surface area contributed by atoms with Crippen LogP contribution >= 0.6 is 0 Å². The number of hydrogen-bond acceptors (Lipinski definition) is 3. The number of benzene rings is 1. The van der Waals surface area contributed by atoms with Crippen LogP contribution < -0.4 is 5.32 Å². The highest BCUT2D eigenvalue weighted by Crippen LogP contribution is 2.29. The first kappa shape index (κ1) is 21.2. The number of nitrogens with zero attached hydrogens (tertiary/aromatic N) is 1. The summed E-state index contributed by atoms with van der Waals surface area (Å²) < 4.78 is 43.0. The molecule has 1 aromatic rings. The van der Waals surface area contributed by atoms with Gasteiger partial charge in [0.1, 0.15) is 0 Å². The molecule has 0 saturated carbocycles. The van der Waals surface area contributed by atoms with E-state index in [0.717, 1.165) is 18.6 Å². The highest BCUT2D eigenvalue weighted by molar-refractivity contribution is 5.94. The predicted octanol–water partition coefficient (Wildman–Crippen LogP) is 3.10. The Hall–Kier alpha value is -2.09. The Labute approximate surface area is 156 Å². The second kappa shape index (κ2) is 9.73. The Bertz CT molecular complexity index is 624. The SMILES string of the molecule is CCOCCCNC(=O)C1CCN(C(=O)c2ccc(C(F)(F)F)cc2)CC1. The summed E-state index contributed by atoms with van der Waals surface area (Å²) in [4.78, 5) is 26.2. The first-order chi connectivity index (χ1) is 12.8. The Kier molecular flexibility index (Phi) is 7.65. The van der Waals surface area contributed by atoms with E-state index in [-0.39, 0.29) is 23.3 Å². The van der Waals surface area contributed by atoms with Crippen LogP contribution in [0.25, 0.3) is 0 Å². The number of nitrogens with one attached hydrogen (secondary N) is 1. The summed E-state index contributed by atoms with van der Waals surface area (Å²) in [6, 6.07) is 4.22. The Balaban J connectivity index is 1.79. The molecule has 8 heteroatoms. The van der Waals surface area contributed by atoms with Gasteiger partial charge < -0.3 is 15.0 Å². The summed E-state index contributed by atoms with van der Waals surface area (Å²) in [6.45, 7) is 4.56. The van der Waals surface area contributed by atoms with Crippen LogP contribution in [0.4, 0.5) is 13.2 Å². The van der Waals surface area contributed by atoms with Crippen molar-refractivity contribution in [2.24, 2.45) is 5.92 Å². The highest BCUT2D eigenvalue weighted by atomic mass is 19.4. The van der Waals surface area contributed by atoms with Gasteiger partial charge in [0.2, 0.25) is 5.91 Å². The fourth-order valence-electron chi connectivity index (χ4n) is 3.00. The molecule has 0 spiro atoms. The van der Waals surface area contributed by atoms with Crippen molar-refractivity contribution >= 4 is 11.8 Å². The number of halogens is 3. The van der Waals surface area contributed by atoms with Gasteiger partial charge in [0.25, 0.3) is 5.91 Å². The highest BCUT2D eigenvalue weighted by Gasteiger charge is 2.31. The van der Waals surface area contributed by atoms with Crippen molar-refractivity contribution in [1.29, 1.82) is 0 Å². The Morgan fingerprint density at radius 1 is 1.19 bits per heavy atom. The van der Waals surface area contributed by atoms with E-state index in [1.807, 2.05) is 6.92 Å². The molecule has 0 aromatic heterocycles. The normalized spacial score (nSPS) is 15.6. The monoisotopic (exact) mass is 386 g/mol. The standard InChI is InChI=1S/C19H25F3N2O3/c1-2-27-13-3-10-23-17(25)14-8-11-24(12-9-14)18(26)15-4-6-16(7-5-15)19(20,21)22/h4-7,14H,2-3,8-13H2,1H3,(H,23,25). The molecule has 1 N–H and O–H groups in total. The van der Waals surface area contributed by atoms with Crippen LogP contribution in [-0.4, -0.2) is 49.6 Å². The molecule has 1 aromatic carbocycles. The van der Waals surface area contributed by atoms with Gasteiger partial charge in [-0.15, -0.1) is 0 Å². The number of amides is 2. The second-order valence-corrected chi connectivity index (χ2v) is 6.48. The fraction of sp³-hybridized carbons (Fsp3) is 0.579. The molecule has 0 unspecified atom stereocenters. The maximum atomic E-state index is 12.6. The molecular formula is C19H25F3N2O3. The summed E-state index contributed by atoms with van der Waals surface area (Å²) in [5.74, 6) is -0.471. The van der Waals surface area contributed by atoms with E-state index in [1.54, 1.807) is 4.90 Å². The van der Waals surface area contributed by atoms with Gasteiger partial charge in [-0.2, -0.15) is 13.2 Å². The van der Waals surface area contributed by atoms with Crippen molar-refractivity contribution in [3.8, 4) is 0 Å². The Morgan fingerprint density at radius 3 is 2.37 bits per heavy atom. The molecule has 27 heavy (non-hydrogen) atoms. The van der Waals surface area contributed by atoms with Crippen LogP contribution in [0.2, 0.25) is 0 Å². The number of carbonyl (C=O) groups excluding carboxylic acids is 2.